The molecular weight excluding hydrogens is 419 g/mol. The predicted molar refractivity (Wildman–Crippen MR) is 113 cm³/mol. The number of amides is 1. The van der Waals surface area contributed by atoms with Gasteiger partial charge in [0.1, 0.15) is 5.82 Å². The molecule has 7 nitrogen and oxygen atoms in total. The minimum Gasteiger partial charge on any atom is -0.459 e. The number of Topliss-reactive ketones (excluding diaryl/α,β-unsaturated/α-hetero) is 1. The van der Waals surface area contributed by atoms with Gasteiger partial charge in [-0.2, -0.15) is 0 Å². The number of aromatic nitrogens is 3. The molecule has 0 fully saturated rings. The van der Waals surface area contributed by atoms with Gasteiger partial charge in [0.25, 0.3) is 5.91 Å². The number of para-hydroxylation sites is 1. The number of thioether (sulfide) groups is 1. The lowest BCUT2D eigenvalue weighted by Gasteiger charge is -2.10. The first-order valence-electron chi connectivity index (χ1n) is 9.35. The van der Waals surface area contributed by atoms with E-state index in [1.807, 2.05) is 30.3 Å². The van der Waals surface area contributed by atoms with Crippen LogP contribution in [-0.4, -0.2) is 32.2 Å². The van der Waals surface area contributed by atoms with Crippen molar-refractivity contribution >= 4 is 23.5 Å². The van der Waals surface area contributed by atoms with Crippen LogP contribution in [0.25, 0.3) is 5.69 Å². The van der Waals surface area contributed by atoms with Gasteiger partial charge in [0.05, 0.1) is 18.6 Å². The zero-order chi connectivity index (χ0) is 21.6. The number of rotatable bonds is 8. The fourth-order valence-electron chi connectivity index (χ4n) is 2.85. The second-order valence-corrected chi connectivity index (χ2v) is 7.39. The zero-order valence-electron chi connectivity index (χ0n) is 16.2. The second kappa shape index (κ2) is 9.40. The number of carbonyl (C=O) groups excluding carboxylic acids is 2. The third kappa shape index (κ3) is 4.89. The highest BCUT2D eigenvalue weighted by atomic mass is 32.2. The van der Waals surface area contributed by atoms with Gasteiger partial charge in [0, 0.05) is 11.3 Å². The zero-order valence-corrected chi connectivity index (χ0v) is 17.0. The van der Waals surface area contributed by atoms with Crippen LogP contribution in [0.1, 0.15) is 26.7 Å². The average Bonchev–Trinajstić information content (AvgIpc) is 3.47. The van der Waals surface area contributed by atoms with Crippen LogP contribution in [0.5, 0.6) is 0 Å². The molecule has 0 saturated carbocycles. The highest BCUT2D eigenvalue weighted by molar-refractivity contribution is 7.99. The lowest BCUT2D eigenvalue weighted by Crippen LogP contribution is -2.24. The maximum Gasteiger partial charge on any atom is 0.287 e. The van der Waals surface area contributed by atoms with Crippen molar-refractivity contribution in [2.45, 2.75) is 11.7 Å². The lowest BCUT2D eigenvalue weighted by atomic mass is 10.1. The van der Waals surface area contributed by atoms with Crippen molar-refractivity contribution in [1.82, 2.24) is 20.1 Å². The Kier molecular flexibility index (Phi) is 6.23. The Morgan fingerprint density at radius 2 is 1.77 bits per heavy atom. The van der Waals surface area contributed by atoms with Crippen LogP contribution < -0.4 is 5.32 Å². The van der Waals surface area contributed by atoms with Crippen LogP contribution in [-0.2, 0) is 6.54 Å². The molecule has 0 unspecified atom stereocenters. The first kappa shape index (κ1) is 20.5. The molecule has 0 aliphatic rings. The van der Waals surface area contributed by atoms with Crippen LogP contribution in [0.2, 0.25) is 0 Å². The molecule has 9 heteroatoms. The lowest BCUT2D eigenvalue weighted by molar-refractivity contribution is 0.0921. The normalized spacial score (nSPS) is 10.7. The number of furan rings is 1. The number of hydrogen-bond acceptors (Lipinski definition) is 6. The van der Waals surface area contributed by atoms with Gasteiger partial charge < -0.3 is 9.73 Å². The summed E-state index contributed by atoms with van der Waals surface area (Å²) in [5.41, 5.74) is 1.22. The Morgan fingerprint density at radius 3 is 2.48 bits per heavy atom. The predicted octanol–water partition coefficient (Wildman–Crippen LogP) is 3.90. The summed E-state index contributed by atoms with van der Waals surface area (Å²) in [5.74, 6) is -0.106. The van der Waals surface area contributed by atoms with Gasteiger partial charge in [0.2, 0.25) is 0 Å². The van der Waals surface area contributed by atoms with Gasteiger partial charge in [-0.25, -0.2) is 4.39 Å². The Balaban J connectivity index is 1.52. The molecular formula is C22H17FN4O3S. The quantitative estimate of drug-likeness (QED) is 0.333. The molecule has 0 bridgehead atoms. The fourth-order valence-corrected chi connectivity index (χ4v) is 3.71. The number of carbonyl (C=O) groups is 2. The summed E-state index contributed by atoms with van der Waals surface area (Å²) in [5, 5.41) is 11.7. The molecule has 0 aliphatic heterocycles. The summed E-state index contributed by atoms with van der Waals surface area (Å²) in [6.07, 6.45) is 1.42. The molecule has 31 heavy (non-hydrogen) atoms. The van der Waals surface area contributed by atoms with Crippen LogP contribution in [0.3, 0.4) is 0 Å². The first-order valence-corrected chi connectivity index (χ1v) is 10.3. The third-order valence-electron chi connectivity index (χ3n) is 4.37. The molecule has 0 aliphatic carbocycles. The largest absolute Gasteiger partial charge is 0.459 e. The topological polar surface area (TPSA) is 90.0 Å². The van der Waals surface area contributed by atoms with Crippen molar-refractivity contribution < 1.29 is 18.4 Å². The molecule has 0 spiro atoms. The molecule has 2 heterocycles. The second-order valence-electron chi connectivity index (χ2n) is 6.45. The number of ketones is 1. The van der Waals surface area contributed by atoms with E-state index in [9.17, 15) is 14.0 Å². The summed E-state index contributed by atoms with van der Waals surface area (Å²) >= 11 is 1.22. The molecule has 1 amide bonds. The van der Waals surface area contributed by atoms with Gasteiger partial charge in [-0.3, -0.25) is 14.2 Å². The molecule has 0 saturated heterocycles. The molecule has 156 valence electrons. The van der Waals surface area contributed by atoms with Crippen molar-refractivity contribution in [2.75, 3.05) is 5.75 Å². The van der Waals surface area contributed by atoms with Gasteiger partial charge in [-0.15, -0.1) is 10.2 Å². The van der Waals surface area contributed by atoms with E-state index in [4.69, 9.17) is 4.42 Å². The summed E-state index contributed by atoms with van der Waals surface area (Å²) in [7, 11) is 0. The Hall–Kier alpha value is -3.72. The van der Waals surface area contributed by atoms with Crippen molar-refractivity contribution in [3.8, 4) is 5.69 Å². The highest BCUT2D eigenvalue weighted by Gasteiger charge is 2.18. The molecule has 4 rings (SSSR count). The van der Waals surface area contributed by atoms with Crippen molar-refractivity contribution in [2.24, 2.45) is 0 Å². The molecule has 0 radical (unpaired) electrons. The number of hydrogen-bond donors (Lipinski definition) is 1. The SMILES string of the molecule is O=C(CSc1nnc(CNC(=O)c2ccco2)n1-c1ccccc1)c1ccc(F)cc1. The summed E-state index contributed by atoms with van der Waals surface area (Å²) in [6, 6.07) is 18.0. The van der Waals surface area contributed by atoms with E-state index >= 15 is 0 Å². The van der Waals surface area contributed by atoms with E-state index in [0.717, 1.165) is 5.69 Å². The van der Waals surface area contributed by atoms with Crippen LogP contribution in [0.15, 0.2) is 82.6 Å². The Morgan fingerprint density at radius 1 is 1.00 bits per heavy atom. The monoisotopic (exact) mass is 436 g/mol. The minimum absolute atomic E-state index is 0.107. The molecule has 0 atom stereocenters. The molecule has 2 aromatic heterocycles. The highest BCUT2D eigenvalue weighted by Crippen LogP contribution is 2.23. The van der Waals surface area contributed by atoms with Crippen molar-refractivity contribution in [3.63, 3.8) is 0 Å². The maximum atomic E-state index is 13.1. The first-order chi connectivity index (χ1) is 15.1. The van der Waals surface area contributed by atoms with E-state index < -0.39 is 5.82 Å². The van der Waals surface area contributed by atoms with E-state index in [1.165, 1.54) is 42.3 Å². The van der Waals surface area contributed by atoms with E-state index in [-0.39, 0.29) is 29.7 Å². The maximum absolute atomic E-state index is 13.1. The van der Waals surface area contributed by atoms with Crippen LogP contribution >= 0.6 is 11.8 Å². The van der Waals surface area contributed by atoms with Crippen LogP contribution in [0, 0.1) is 5.82 Å². The number of nitrogens with one attached hydrogen (secondary N) is 1. The number of halogens is 1. The Bertz CT molecular complexity index is 1180. The van der Waals surface area contributed by atoms with Gasteiger partial charge in [-0.1, -0.05) is 30.0 Å². The van der Waals surface area contributed by atoms with Gasteiger partial charge in [-0.05, 0) is 48.5 Å². The third-order valence-corrected chi connectivity index (χ3v) is 5.29. The number of nitrogens with zero attached hydrogens (tertiary/aromatic N) is 3. The van der Waals surface area contributed by atoms with Gasteiger partial charge in [0.15, 0.2) is 22.5 Å². The Labute approximate surface area is 181 Å². The minimum atomic E-state index is -0.394. The average molecular weight is 436 g/mol. The molecule has 1 N–H and O–H groups in total. The van der Waals surface area contributed by atoms with Crippen LogP contribution in [0.4, 0.5) is 4.39 Å². The number of benzene rings is 2. The molecule has 4 aromatic rings. The van der Waals surface area contributed by atoms with Gasteiger partial charge >= 0.3 is 0 Å². The summed E-state index contributed by atoms with van der Waals surface area (Å²) < 4.78 is 20.0. The summed E-state index contributed by atoms with van der Waals surface area (Å²) in [4.78, 5) is 24.7. The standard InChI is InChI=1S/C22H17FN4O3S/c23-16-10-8-15(9-11-16)18(28)14-31-22-26-25-20(27(22)17-5-2-1-3-6-17)13-24-21(29)19-7-4-12-30-19/h1-12H,13-14H2,(H,24,29). The van der Waals surface area contributed by atoms with E-state index in [2.05, 4.69) is 15.5 Å². The fraction of sp³-hybridized carbons (Fsp3) is 0.0909. The summed E-state index contributed by atoms with van der Waals surface area (Å²) in [6.45, 7) is 0.119. The van der Waals surface area contributed by atoms with Crippen molar-refractivity contribution in [1.29, 1.82) is 0 Å². The molecule has 2 aromatic carbocycles. The van der Waals surface area contributed by atoms with Crippen molar-refractivity contribution in [3.05, 3.63) is 96.0 Å². The van der Waals surface area contributed by atoms with E-state index in [0.29, 0.717) is 16.5 Å². The van der Waals surface area contributed by atoms with E-state index in [1.54, 1.807) is 16.7 Å². The smallest absolute Gasteiger partial charge is 0.287 e.